The van der Waals surface area contributed by atoms with Crippen molar-refractivity contribution in [3.05, 3.63) is 29.9 Å². The lowest BCUT2D eigenvalue weighted by molar-refractivity contribution is -0.133. The van der Waals surface area contributed by atoms with E-state index in [2.05, 4.69) is 10.1 Å². The Morgan fingerprint density at radius 1 is 1.65 bits per heavy atom. The van der Waals surface area contributed by atoms with Gasteiger partial charge in [0.2, 0.25) is 0 Å². The number of thioether (sulfide) groups is 1. The number of aliphatic carboxylic acids is 1. The number of carboxylic acid groups (broad SMARTS) is 1. The predicted molar refractivity (Wildman–Crippen MR) is 60.9 cm³/mol. The Labute approximate surface area is 102 Å². The molecular weight excluding hydrogens is 242 g/mol. The number of aryl methyl sites for hydroxylation is 1. The van der Waals surface area contributed by atoms with Gasteiger partial charge in [-0.25, -0.2) is 4.98 Å². The Morgan fingerprint density at radius 3 is 3.12 bits per heavy atom. The lowest BCUT2D eigenvalue weighted by Gasteiger charge is -2.06. The lowest BCUT2D eigenvalue weighted by atomic mass is 10.4. The topological polar surface area (TPSA) is 81.1 Å². The van der Waals surface area contributed by atoms with Crippen LogP contribution in [0.3, 0.4) is 0 Å². The predicted octanol–water partition coefficient (Wildman–Crippen LogP) is 1.40. The van der Waals surface area contributed by atoms with E-state index in [1.807, 2.05) is 11.5 Å². The van der Waals surface area contributed by atoms with Crippen LogP contribution >= 0.6 is 11.8 Å². The molecule has 0 saturated carbocycles. The summed E-state index contributed by atoms with van der Waals surface area (Å²) in [7, 11) is 0. The second-order valence-electron chi connectivity index (χ2n) is 3.43. The summed E-state index contributed by atoms with van der Waals surface area (Å²) in [4.78, 5) is 14.7. The molecule has 90 valence electrons. The molecule has 0 atom stereocenters. The number of carbonyl (C=O) groups is 1. The molecule has 7 heteroatoms. The fourth-order valence-electron chi connectivity index (χ4n) is 1.35. The van der Waals surface area contributed by atoms with Crippen LogP contribution in [0, 0.1) is 6.92 Å². The van der Waals surface area contributed by atoms with E-state index in [0.29, 0.717) is 17.5 Å². The molecule has 2 aromatic rings. The first-order chi connectivity index (χ1) is 8.16. The minimum atomic E-state index is -0.859. The third-order valence-electron chi connectivity index (χ3n) is 2.15. The smallest absolute Gasteiger partial charge is 0.313 e. The maximum absolute atomic E-state index is 10.5. The highest BCUT2D eigenvalue weighted by molar-refractivity contribution is 7.99. The second-order valence-corrected chi connectivity index (χ2v) is 4.37. The molecule has 0 fully saturated rings. The molecule has 0 aromatic carbocycles. The van der Waals surface area contributed by atoms with E-state index in [-0.39, 0.29) is 5.75 Å². The van der Waals surface area contributed by atoms with Crippen molar-refractivity contribution < 1.29 is 14.4 Å². The Bertz CT molecular complexity index is 507. The molecule has 0 unspecified atom stereocenters. The monoisotopic (exact) mass is 253 g/mol. The standard InChI is InChI=1S/C10H11N3O3S/c1-7-4-11-10(17-6-9(14)15)13(7)5-8-2-3-12-16-8/h2-4H,5-6H2,1H3,(H,14,15). The number of aromatic nitrogens is 3. The highest BCUT2D eigenvalue weighted by Crippen LogP contribution is 2.19. The highest BCUT2D eigenvalue weighted by Gasteiger charge is 2.11. The number of carboxylic acids is 1. The van der Waals surface area contributed by atoms with Crippen molar-refractivity contribution in [3.63, 3.8) is 0 Å². The normalized spacial score (nSPS) is 10.6. The van der Waals surface area contributed by atoms with Crippen molar-refractivity contribution >= 4 is 17.7 Å². The Kier molecular flexibility index (Phi) is 3.48. The van der Waals surface area contributed by atoms with Crippen LogP contribution < -0.4 is 0 Å². The minimum Gasteiger partial charge on any atom is -0.481 e. The van der Waals surface area contributed by atoms with Crippen molar-refractivity contribution in [2.75, 3.05) is 5.75 Å². The molecule has 2 heterocycles. The van der Waals surface area contributed by atoms with Gasteiger partial charge < -0.3 is 14.2 Å². The van der Waals surface area contributed by atoms with Crippen LogP contribution in [0.25, 0.3) is 0 Å². The quantitative estimate of drug-likeness (QED) is 0.811. The van der Waals surface area contributed by atoms with E-state index in [0.717, 1.165) is 5.69 Å². The zero-order chi connectivity index (χ0) is 12.3. The maximum Gasteiger partial charge on any atom is 0.313 e. The summed E-state index contributed by atoms with van der Waals surface area (Å²) in [6, 6.07) is 1.77. The van der Waals surface area contributed by atoms with Crippen LogP contribution in [-0.2, 0) is 11.3 Å². The van der Waals surface area contributed by atoms with Gasteiger partial charge in [-0.15, -0.1) is 0 Å². The van der Waals surface area contributed by atoms with Gasteiger partial charge in [0.25, 0.3) is 0 Å². The number of nitrogens with zero attached hydrogens (tertiary/aromatic N) is 3. The number of hydrogen-bond acceptors (Lipinski definition) is 5. The fraction of sp³-hybridized carbons (Fsp3) is 0.300. The van der Waals surface area contributed by atoms with Crippen molar-refractivity contribution in [1.29, 1.82) is 0 Å². The molecule has 0 radical (unpaired) electrons. The summed E-state index contributed by atoms with van der Waals surface area (Å²) in [5, 5.41) is 12.9. The maximum atomic E-state index is 10.5. The average molecular weight is 253 g/mol. The molecule has 0 aliphatic carbocycles. The Hall–Kier alpha value is -1.76. The van der Waals surface area contributed by atoms with Crippen LogP contribution in [0.2, 0.25) is 0 Å². The van der Waals surface area contributed by atoms with Gasteiger partial charge in [-0.1, -0.05) is 16.9 Å². The number of imidazole rings is 1. The highest BCUT2D eigenvalue weighted by atomic mass is 32.2. The van der Waals surface area contributed by atoms with Crippen LogP contribution in [0.15, 0.2) is 28.1 Å². The molecule has 0 amide bonds. The largest absolute Gasteiger partial charge is 0.481 e. The van der Waals surface area contributed by atoms with Crippen LogP contribution in [-0.4, -0.2) is 31.5 Å². The van der Waals surface area contributed by atoms with Gasteiger partial charge in [-0.05, 0) is 6.92 Å². The molecule has 0 aliphatic rings. The molecule has 0 saturated heterocycles. The van der Waals surface area contributed by atoms with Crippen molar-refractivity contribution in [2.45, 2.75) is 18.6 Å². The first-order valence-electron chi connectivity index (χ1n) is 4.93. The van der Waals surface area contributed by atoms with E-state index in [4.69, 9.17) is 9.63 Å². The van der Waals surface area contributed by atoms with Crippen LogP contribution in [0.5, 0.6) is 0 Å². The van der Waals surface area contributed by atoms with Gasteiger partial charge in [-0.3, -0.25) is 4.79 Å². The summed E-state index contributed by atoms with van der Waals surface area (Å²) in [6.07, 6.45) is 3.28. The molecule has 17 heavy (non-hydrogen) atoms. The molecule has 0 bridgehead atoms. The molecular formula is C10H11N3O3S. The molecule has 6 nitrogen and oxygen atoms in total. The SMILES string of the molecule is Cc1cnc(SCC(=O)O)n1Cc1ccno1. The van der Waals surface area contributed by atoms with Crippen LogP contribution in [0.1, 0.15) is 11.5 Å². The van der Waals surface area contributed by atoms with E-state index in [9.17, 15) is 4.79 Å². The zero-order valence-electron chi connectivity index (χ0n) is 9.16. The van der Waals surface area contributed by atoms with E-state index in [1.165, 1.54) is 11.8 Å². The summed E-state index contributed by atoms with van der Waals surface area (Å²) in [6.45, 7) is 2.42. The van der Waals surface area contributed by atoms with Gasteiger partial charge in [0.1, 0.15) is 0 Å². The molecule has 0 spiro atoms. The van der Waals surface area contributed by atoms with Crippen LogP contribution in [0.4, 0.5) is 0 Å². The van der Waals surface area contributed by atoms with Gasteiger partial charge in [0, 0.05) is 18.0 Å². The summed E-state index contributed by atoms with van der Waals surface area (Å²) in [5.41, 5.74) is 0.953. The Morgan fingerprint density at radius 2 is 2.47 bits per heavy atom. The van der Waals surface area contributed by atoms with E-state index in [1.54, 1.807) is 18.5 Å². The zero-order valence-corrected chi connectivity index (χ0v) is 9.98. The van der Waals surface area contributed by atoms with Crippen molar-refractivity contribution in [2.24, 2.45) is 0 Å². The summed E-state index contributed by atoms with van der Waals surface area (Å²) in [5.74, 6) is -0.155. The third-order valence-corrected chi connectivity index (χ3v) is 3.12. The summed E-state index contributed by atoms with van der Waals surface area (Å²) >= 11 is 1.19. The van der Waals surface area contributed by atoms with Gasteiger partial charge in [-0.2, -0.15) is 0 Å². The Balaban J connectivity index is 2.14. The van der Waals surface area contributed by atoms with Gasteiger partial charge >= 0.3 is 5.97 Å². The van der Waals surface area contributed by atoms with Gasteiger partial charge in [0.05, 0.1) is 18.5 Å². The van der Waals surface area contributed by atoms with Gasteiger partial charge in [0.15, 0.2) is 10.9 Å². The van der Waals surface area contributed by atoms with E-state index < -0.39 is 5.97 Å². The molecule has 2 rings (SSSR count). The van der Waals surface area contributed by atoms with E-state index >= 15 is 0 Å². The minimum absolute atomic E-state index is 0.00709. The number of hydrogen-bond donors (Lipinski definition) is 1. The number of rotatable bonds is 5. The summed E-state index contributed by atoms with van der Waals surface area (Å²) < 4.78 is 6.92. The van der Waals surface area contributed by atoms with Crippen molar-refractivity contribution in [3.8, 4) is 0 Å². The molecule has 1 N–H and O–H groups in total. The average Bonchev–Trinajstić information content (AvgIpc) is 2.89. The molecule has 0 aliphatic heterocycles. The van der Waals surface area contributed by atoms with Crippen molar-refractivity contribution in [1.82, 2.24) is 14.7 Å². The second kappa shape index (κ2) is 5.05. The third kappa shape index (κ3) is 2.88. The fourth-order valence-corrected chi connectivity index (χ4v) is 2.10. The molecule has 2 aromatic heterocycles. The first-order valence-corrected chi connectivity index (χ1v) is 5.91. The lowest BCUT2D eigenvalue weighted by Crippen LogP contribution is -2.05. The first kappa shape index (κ1) is 11.7.